The number of H-pyrrole nitrogens is 1. The molecule has 4 rings (SSSR count). The second-order valence-corrected chi connectivity index (χ2v) is 7.18. The van der Waals surface area contributed by atoms with E-state index < -0.39 is 11.7 Å². The van der Waals surface area contributed by atoms with Crippen LogP contribution in [0.1, 0.15) is 58.4 Å². The summed E-state index contributed by atoms with van der Waals surface area (Å²) in [6, 6.07) is 4.19. The largest absolute Gasteiger partial charge is 0.416 e. The first-order valence-corrected chi connectivity index (χ1v) is 8.95. The van der Waals surface area contributed by atoms with E-state index in [1.807, 2.05) is 13.8 Å². The molecule has 0 spiro atoms. The van der Waals surface area contributed by atoms with E-state index in [1.165, 1.54) is 11.0 Å². The summed E-state index contributed by atoms with van der Waals surface area (Å²) < 4.78 is 45.8. The van der Waals surface area contributed by atoms with Crippen LogP contribution in [0.25, 0.3) is 0 Å². The number of rotatable bonds is 1. The third-order valence-corrected chi connectivity index (χ3v) is 5.30. The van der Waals surface area contributed by atoms with Gasteiger partial charge >= 0.3 is 6.18 Å². The van der Waals surface area contributed by atoms with Gasteiger partial charge in [-0.3, -0.25) is 9.89 Å². The van der Waals surface area contributed by atoms with Crippen LogP contribution in [0, 0.1) is 0 Å². The standard InChI is InChI=1S/C19H20F3N3O2/c1-10-8-13-16(11(2)27-10)23-24-17(13)18(26)25-7-6-12-4-3-5-15(14(12)9-25)19(20,21)22/h3-5,10-11H,6-9H2,1-2H3,(H,23,24)/t10-,11+/m1/s1. The van der Waals surface area contributed by atoms with Crippen LogP contribution >= 0.6 is 0 Å². The van der Waals surface area contributed by atoms with Crippen molar-refractivity contribution in [1.82, 2.24) is 15.1 Å². The molecule has 1 amide bonds. The quantitative estimate of drug-likeness (QED) is 0.823. The lowest BCUT2D eigenvalue weighted by molar-refractivity contribution is -0.138. The van der Waals surface area contributed by atoms with Crippen LogP contribution in [0.15, 0.2) is 18.2 Å². The van der Waals surface area contributed by atoms with Gasteiger partial charge in [-0.25, -0.2) is 0 Å². The Morgan fingerprint density at radius 1 is 1.30 bits per heavy atom. The predicted molar refractivity (Wildman–Crippen MR) is 91.1 cm³/mol. The first-order chi connectivity index (χ1) is 12.8. The summed E-state index contributed by atoms with van der Waals surface area (Å²) in [5.41, 5.74) is 2.02. The number of alkyl halides is 3. The molecule has 1 aromatic carbocycles. The van der Waals surface area contributed by atoms with Crippen molar-refractivity contribution in [3.8, 4) is 0 Å². The summed E-state index contributed by atoms with van der Waals surface area (Å²) >= 11 is 0. The van der Waals surface area contributed by atoms with E-state index in [4.69, 9.17) is 4.74 Å². The average molecular weight is 379 g/mol. The van der Waals surface area contributed by atoms with Crippen molar-refractivity contribution in [2.75, 3.05) is 6.54 Å². The number of carbonyl (C=O) groups is 1. The van der Waals surface area contributed by atoms with Crippen molar-refractivity contribution in [3.05, 3.63) is 51.8 Å². The van der Waals surface area contributed by atoms with Crippen LogP contribution in [0.3, 0.4) is 0 Å². The monoisotopic (exact) mass is 379 g/mol. The van der Waals surface area contributed by atoms with Crippen molar-refractivity contribution < 1.29 is 22.7 Å². The SMILES string of the molecule is C[C@@H]1Cc2c(C(=O)N3CCc4cccc(C(F)(F)F)c4C3)n[nH]c2[C@H](C)O1. The first kappa shape index (κ1) is 18.0. The number of ether oxygens (including phenoxy) is 1. The zero-order valence-corrected chi connectivity index (χ0v) is 15.1. The molecule has 2 atom stereocenters. The number of aromatic nitrogens is 2. The highest BCUT2D eigenvalue weighted by Crippen LogP contribution is 2.36. The molecular weight excluding hydrogens is 359 g/mol. The fraction of sp³-hybridized carbons (Fsp3) is 0.474. The Hall–Kier alpha value is -2.35. The maximum Gasteiger partial charge on any atom is 0.416 e. The molecule has 0 fully saturated rings. The van der Waals surface area contributed by atoms with Gasteiger partial charge in [-0.2, -0.15) is 18.3 Å². The summed E-state index contributed by atoms with van der Waals surface area (Å²) in [5.74, 6) is -0.337. The molecule has 2 aromatic rings. The molecule has 1 N–H and O–H groups in total. The molecular formula is C19H20F3N3O2. The molecule has 0 bridgehead atoms. The lowest BCUT2D eigenvalue weighted by Crippen LogP contribution is -2.38. The van der Waals surface area contributed by atoms with Crippen molar-refractivity contribution in [3.63, 3.8) is 0 Å². The third-order valence-electron chi connectivity index (χ3n) is 5.30. The molecule has 144 valence electrons. The maximum absolute atomic E-state index is 13.4. The summed E-state index contributed by atoms with van der Waals surface area (Å²) in [4.78, 5) is 14.5. The smallest absolute Gasteiger partial charge is 0.369 e. The Bertz CT molecular complexity index is 891. The summed E-state index contributed by atoms with van der Waals surface area (Å²) in [7, 11) is 0. The predicted octanol–water partition coefficient (Wildman–Crippen LogP) is 3.65. The van der Waals surface area contributed by atoms with Gasteiger partial charge in [0.25, 0.3) is 5.91 Å². The lowest BCUT2D eigenvalue weighted by atomic mass is 9.93. The second-order valence-electron chi connectivity index (χ2n) is 7.18. The number of hydrogen-bond donors (Lipinski definition) is 1. The van der Waals surface area contributed by atoms with E-state index in [0.717, 1.165) is 17.3 Å². The van der Waals surface area contributed by atoms with E-state index in [2.05, 4.69) is 10.2 Å². The van der Waals surface area contributed by atoms with Crippen LogP contribution in [0.2, 0.25) is 0 Å². The number of nitrogens with one attached hydrogen (secondary N) is 1. The Morgan fingerprint density at radius 2 is 2.07 bits per heavy atom. The Labute approximate surface area is 154 Å². The van der Waals surface area contributed by atoms with Gasteiger partial charge in [-0.05, 0) is 37.5 Å². The maximum atomic E-state index is 13.4. The molecule has 0 radical (unpaired) electrons. The number of nitrogens with zero attached hydrogens (tertiary/aromatic N) is 2. The number of amides is 1. The summed E-state index contributed by atoms with van der Waals surface area (Å²) in [5, 5.41) is 7.04. The van der Waals surface area contributed by atoms with Gasteiger partial charge in [0.05, 0.1) is 23.5 Å². The minimum Gasteiger partial charge on any atom is -0.369 e. The Morgan fingerprint density at radius 3 is 2.81 bits per heavy atom. The molecule has 27 heavy (non-hydrogen) atoms. The van der Waals surface area contributed by atoms with E-state index >= 15 is 0 Å². The zero-order chi connectivity index (χ0) is 19.3. The average Bonchev–Trinajstić information content (AvgIpc) is 3.03. The van der Waals surface area contributed by atoms with Crippen LogP contribution in [0.5, 0.6) is 0 Å². The first-order valence-electron chi connectivity index (χ1n) is 8.95. The normalized spacial score (nSPS) is 22.3. The van der Waals surface area contributed by atoms with Crippen LogP contribution in [-0.2, 0) is 30.3 Å². The van der Waals surface area contributed by atoms with Gasteiger partial charge in [0.1, 0.15) is 0 Å². The summed E-state index contributed by atoms with van der Waals surface area (Å²) in [6.45, 7) is 4.12. The topological polar surface area (TPSA) is 58.2 Å². The second kappa shape index (κ2) is 6.37. The van der Waals surface area contributed by atoms with E-state index in [9.17, 15) is 18.0 Å². The van der Waals surface area contributed by atoms with Crippen LogP contribution < -0.4 is 0 Å². The fourth-order valence-corrected chi connectivity index (χ4v) is 4.02. The van der Waals surface area contributed by atoms with Gasteiger partial charge in [0.15, 0.2) is 5.69 Å². The highest BCUT2D eigenvalue weighted by atomic mass is 19.4. The molecule has 3 heterocycles. The number of halogens is 3. The molecule has 0 saturated carbocycles. The van der Waals surface area contributed by atoms with Gasteiger partial charge < -0.3 is 9.64 Å². The molecule has 0 aliphatic carbocycles. The highest BCUT2D eigenvalue weighted by molar-refractivity contribution is 5.94. The molecule has 2 aliphatic rings. The minimum atomic E-state index is -4.44. The van der Waals surface area contributed by atoms with Crippen molar-refractivity contribution in [2.24, 2.45) is 0 Å². The fourth-order valence-electron chi connectivity index (χ4n) is 4.02. The number of hydrogen-bond acceptors (Lipinski definition) is 3. The van der Waals surface area contributed by atoms with Crippen molar-refractivity contribution in [1.29, 1.82) is 0 Å². The van der Waals surface area contributed by atoms with E-state index in [1.54, 1.807) is 6.07 Å². The number of carbonyl (C=O) groups excluding carboxylic acids is 1. The van der Waals surface area contributed by atoms with Crippen molar-refractivity contribution in [2.45, 2.75) is 51.6 Å². The van der Waals surface area contributed by atoms with Crippen LogP contribution in [-0.4, -0.2) is 33.7 Å². The molecule has 0 saturated heterocycles. The molecule has 1 aromatic heterocycles. The van der Waals surface area contributed by atoms with Crippen LogP contribution in [0.4, 0.5) is 13.2 Å². The van der Waals surface area contributed by atoms with E-state index in [0.29, 0.717) is 30.6 Å². The third kappa shape index (κ3) is 3.12. The molecule has 8 heteroatoms. The van der Waals surface area contributed by atoms with Gasteiger partial charge in [-0.1, -0.05) is 12.1 Å². The van der Waals surface area contributed by atoms with Crippen molar-refractivity contribution >= 4 is 5.91 Å². The zero-order valence-electron chi connectivity index (χ0n) is 15.1. The summed E-state index contributed by atoms with van der Waals surface area (Å²) in [6.07, 6.45) is -3.74. The lowest BCUT2D eigenvalue weighted by Gasteiger charge is -2.31. The van der Waals surface area contributed by atoms with Gasteiger partial charge in [0, 0.05) is 25.1 Å². The highest BCUT2D eigenvalue weighted by Gasteiger charge is 2.37. The molecule has 2 aliphatic heterocycles. The van der Waals surface area contributed by atoms with E-state index in [-0.39, 0.29) is 30.2 Å². The number of aromatic amines is 1. The number of benzene rings is 1. The van der Waals surface area contributed by atoms with Gasteiger partial charge in [0.2, 0.25) is 0 Å². The molecule has 5 nitrogen and oxygen atoms in total. The van der Waals surface area contributed by atoms with Gasteiger partial charge in [-0.15, -0.1) is 0 Å². The Kier molecular flexibility index (Phi) is 4.25. The Balaban J connectivity index is 1.65. The number of fused-ring (bicyclic) bond motifs is 2. The molecule has 0 unspecified atom stereocenters. The minimum absolute atomic E-state index is 0.0458.